The van der Waals surface area contributed by atoms with Crippen molar-refractivity contribution in [3.05, 3.63) is 70.8 Å². The molecule has 0 heterocycles. The number of ether oxygens (including phenoxy) is 1. The van der Waals surface area contributed by atoms with Crippen molar-refractivity contribution >= 4 is 27.5 Å². The van der Waals surface area contributed by atoms with Crippen LogP contribution in [0, 0.1) is 0 Å². The van der Waals surface area contributed by atoms with Crippen molar-refractivity contribution in [2.45, 2.75) is 50.0 Å². The molecule has 2 N–H and O–H groups in total. The molecule has 0 saturated carbocycles. The van der Waals surface area contributed by atoms with E-state index in [1.165, 1.54) is 36.6 Å². The fourth-order valence-electron chi connectivity index (χ4n) is 3.56. The second kappa shape index (κ2) is 11.5. The molecule has 6 nitrogen and oxygen atoms in total. The summed E-state index contributed by atoms with van der Waals surface area (Å²) < 4.78 is 33.6. The molecule has 1 amide bonds. The molecular formula is C24H29ClN2O4S. The summed E-state index contributed by atoms with van der Waals surface area (Å²) in [5.41, 5.74) is 2.25. The Hall–Kier alpha value is -2.35. The molecule has 0 unspecified atom stereocenters. The Labute approximate surface area is 195 Å². The Balaban J connectivity index is 1.51. The minimum atomic E-state index is -3.78. The van der Waals surface area contributed by atoms with Gasteiger partial charge in [-0.15, -0.1) is 0 Å². The van der Waals surface area contributed by atoms with Gasteiger partial charge >= 0.3 is 0 Å². The quantitative estimate of drug-likeness (QED) is 0.484. The molecule has 8 heteroatoms. The third kappa shape index (κ3) is 7.08. The maximum atomic E-state index is 12.7. The fourth-order valence-corrected chi connectivity index (χ4v) is 5.12. The normalized spacial score (nSPS) is 15.0. The van der Waals surface area contributed by atoms with E-state index in [-0.39, 0.29) is 28.2 Å². The number of nitrogens with one attached hydrogen (secondary N) is 2. The van der Waals surface area contributed by atoms with E-state index in [1.54, 1.807) is 6.92 Å². The molecule has 0 aliphatic heterocycles. The van der Waals surface area contributed by atoms with Crippen LogP contribution in [0.3, 0.4) is 0 Å². The second-order valence-corrected chi connectivity index (χ2v) is 9.96. The van der Waals surface area contributed by atoms with Gasteiger partial charge in [-0.3, -0.25) is 4.79 Å². The Morgan fingerprint density at radius 3 is 2.62 bits per heavy atom. The van der Waals surface area contributed by atoms with E-state index < -0.39 is 16.1 Å². The fraction of sp³-hybridized carbons (Fsp3) is 0.375. The van der Waals surface area contributed by atoms with Crippen LogP contribution in [0.15, 0.2) is 65.1 Å². The van der Waals surface area contributed by atoms with Gasteiger partial charge in [-0.2, -0.15) is 0 Å². The minimum absolute atomic E-state index is 0.0304. The zero-order chi connectivity index (χ0) is 23.0. The maximum absolute atomic E-state index is 12.7. The predicted octanol–water partition coefficient (Wildman–Crippen LogP) is 4.77. The highest BCUT2D eigenvalue weighted by atomic mass is 35.5. The number of amides is 1. The molecule has 0 fully saturated rings. The largest absolute Gasteiger partial charge is 0.482 e. The van der Waals surface area contributed by atoms with E-state index in [0.29, 0.717) is 6.54 Å². The molecule has 1 atom stereocenters. The molecule has 2 aromatic rings. The van der Waals surface area contributed by atoms with Gasteiger partial charge in [-0.25, -0.2) is 13.1 Å². The molecule has 32 heavy (non-hydrogen) atoms. The van der Waals surface area contributed by atoms with E-state index in [0.717, 1.165) is 24.8 Å². The number of hydrogen-bond acceptors (Lipinski definition) is 4. The van der Waals surface area contributed by atoms with Gasteiger partial charge < -0.3 is 10.1 Å². The summed E-state index contributed by atoms with van der Waals surface area (Å²) >= 11 is 6.22. The van der Waals surface area contributed by atoms with Crippen LogP contribution in [-0.2, 0) is 14.8 Å². The van der Waals surface area contributed by atoms with Gasteiger partial charge in [0, 0.05) is 12.6 Å². The first-order valence-corrected chi connectivity index (χ1v) is 12.7. The summed E-state index contributed by atoms with van der Waals surface area (Å²) in [4.78, 5) is 12.1. The lowest BCUT2D eigenvalue weighted by atomic mass is 9.97. The lowest BCUT2D eigenvalue weighted by molar-refractivity contribution is -0.123. The van der Waals surface area contributed by atoms with Crippen LogP contribution in [0.1, 0.15) is 50.6 Å². The first-order chi connectivity index (χ1) is 15.3. The number of carbonyl (C=O) groups is 1. The van der Waals surface area contributed by atoms with E-state index in [4.69, 9.17) is 16.3 Å². The molecule has 2 aromatic carbocycles. The van der Waals surface area contributed by atoms with Gasteiger partial charge in [-0.05, 0) is 62.8 Å². The maximum Gasteiger partial charge on any atom is 0.257 e. The smallest absolute Gasteiger partial charge is 0.257 e. The molecule has 0 spiro atoms. The van der Waals surface area contributed by atoms with Crippen LogP contribution in [0.25, 0.3) is 0 Å². The van der Waals surface area contributed by atoms with E-state index in [1.807, 2.05) is 30.3 Å². The van der Waals surface area contributed by atoms with E-state index in [2.05, 4.69) is 16.1 Å². The summed E-state index contributed by atoms with van der Waals surface area (Å²) in [5.74, 6) is 0.0133. The zero-order valence-electron chi connectivity index (χ0n) is 18.1. The lowest BCUT2D eigenvalue weighted by Crippen LogP contribution is -2.30. The molecule has 172 valence electrons. The van der Waals surface area contributed by atoms with Gasteiger partial charge in [-0.1, -0.05) is 53.6 Å². The number of allylic oxidation sites excluding steroid dienone is 1. The molecule has 3 rings (SSSR count). The number of benzene rings is 2. The molecule has 0 saturated heterocycles. The Morgan fingerprint density at radius 2 is 1.94 bits per heavy atom. The molecule has 1 aliphatic carbocycles. The number of sulfonamides is 1. The van der Waals surface area contributed by atoms with Crippen LogP contribution >= 0.6 is 11.6 Å². The standard InChI is InChI=1S/C24H29ClN2O4S/c1-18(20-10-6-3-7-11-20)27-32(29,30)21-12-13-23(22(25)16-21)31-17-24(28)26-15-14-19-8-4-2-5-9-19/h3,6-8,10-13,16,18,27H,2,4-5,9,14-15,17H2,1H3,(H,26,28)/t18-/m1/s1. The van der Waals surface area contributed by atoms with Crippen molar-refractivity contribution in [2.75, 3.05) is 13.2 Å². The predicted molar refractivity (Wildman–Crippen MR) is 126 cm³/mol. The summed E-state index contributed by atoms with van der Waals surface area (Å²) in [7, 11) is -3.78. The Morgan fingerprint density at radius 1 is 1.16 bits per heavy atom. The topological polar surface area (TPSA) is 84.5 Å². The first-order valence-electron chi connectivity index (χ1n) is 10.8. The van der Waals surface area contributed by atoms with Crippen molar-refractivity contribution in [1.82, 2.24) is 10.0 Å². The van der Waals surface area contributed by atoms with Crippen LogP contribution < -0.4 is 14.8 Å². The number of halogens is 1. The summed E-state index contributed by atoms with van der Waals surface area (Å²) in [6, 6.07) is 13.1. The SMILES string of the molecule is C[C@@H](NS(=O)(=O)c1ccc(OCC(=O)NCCC2=CCCCC2)c(Cl)c1)c1ccccc1. The van der Waals surface area contributed by atoms with Gasteiger partial charge in [0.25, 0.3) is 5.91 Å². The van der Waals surface area contributed by atoms with Crippen LogP contribution in [0.4, 0.5) is 0 Å². The summed E-state index contributed by atoms with van der Waals surface area (Å²) in [5, 5.41) is 2.96. The first kappa shape index (κ1) is 24.3. The second-order valence-electron chi connectivity index (χ2n) is 7.84. The number of rotatable bonds is 10. The molecule has 1 aliphatic rings. The third-order valence-electron chi connectivity index (χ3n) is 5.36. The molecule has 0 bridgehead atoms. The van der Waals surface area contributed by atoms with E-state index >= 15 is 0 Å². The van der Waals surface area contributed by atoms with Crippen LogP contribution in [0.2, 0.25) is 5.02 Å². The summed E-state index contributed by atoms with van der Waals surface area (Å²) in [6.45, 7) is 2.16. The highest BCUT2D eigenvalue weighted by Gasteiger charge is 2.20. The van der Waals surface area contributed by atoms with Crippen LogP contribution in [0.5, 0.6) is 5.75 Å². The average Bonchev–Trinajstić information content (AvgIpc) is 2.79. The highest BCUT2D eigenvalue weighted by Crippen LogP contribution is 2.28. The minimum Gasteiger partial charge on any atom is -0.482 e. The molecular weight excluding hydrogens is 448 g/mol. The third-order valence-corrected chi connectivity index (χ3v) is 7.19. The van der Waals surface area contributed by atoms with Gasteiger partial charge in [0.1, 0.15) is 5.75 Å². The summed E-state index contributed by atoms with van der Waals surface area (Å²) in [6.07, 6.45) is 7.80. The monoisotopic (exact) mass is 476 g/mol. The molecule has 0 radical (unpaired) electrons. The van der Waals surface area contributed by atoms with Crippen molar-refractivity contribution in [1.29, 1.82) is 0 Å². The highest BCUT2D eigenvalue weighted by molar-refractivity contribution is 7.89. The molecule has 0 aromatic heterocycles. The lowest BCUT2D eigenvalue weighted by Gasteiger charge is -2.15. The van der Waals surface area contributed by atoms with Gasteiger partial charge in [0.15, 0.2) is 6.61 Å². The van der Waals surface area contributed by atoms with Crippen LogP contribution in [-0.4, -0.2) is 27.5 Å². The van der Waals surface area contributed by atoms with Crippen molar-refractivity contribution in [3.63, 3.8) is 0 Å². The van der Waals surface area contributed by atoms with Crippen molar-refractivity contribution in [3.8, 4) is 5.75 Å². The Bertz CT molecular complexity index is 1050. The van der Waals surface area contributed by atoms with Gasteiger partial charge in [0.05, 0.1) is 9.92 Å². The van der Waals surface area contributed by atoms with Gasteiger partial charge in [0.2, 0.25) is 10.0 Å². The number of hydrogen-bond donors (Lipinski definition) is 2. The van der Waals surface area contributed by atoms with E-state index in [9.17, 15) is 13.2 Å². The zero-order valence-corrected chi connectivity index (χ0v) is 19.7. The van der Waals surface area contributed by atoms with Crippen molar-refractivity contribution < 1.29 is 17.9 Å². The average molecular weight is 477 g/mol. The Kier molecular flexibility index (Phi) is 8.73. The van der Waals surface area contributed by atoms with Crippen molar-refractivity contribution in [2.24, 2.45) is 0 Å². The number of carbonyl (C=O) groups excluding carboxylic acids is 1.